The van der Waals surface area contributed by atoms with Crippen molar-refractivity contribution in [3.63, 3.8) is 0 Å². The fourth-order valence-electron chi connectivity index (χ4n) is 4.46. The summed E-state index contributed by atoms with van der Waals surface area (Å²) in [5.74, 6) is 0.839. The van der Waals surface area contributed by atoms with E-state index in [9.17, 15) is 0 Å². The molecule has 7 heteroatoms. The van der Waals surface area contributed by atoms with E-state index in [0.29, 0.717) is 6.04 Å². The minimum atomic E-state index is 0.193. The molecule has 1 aliphatic heterocycles. The maximum absolute atomic E-state index is 6.52. The Morgan fingerprint density at radius 3 is 2.65 bits per heavy atom. The van der Waals surface area contributed by atoms with Crippen LogP contribution in [0.25, 0.3) is 11.0 Å². The van der Waals surface area contributed by atoms with Gasteiger partial charge in [-0.3, -0.25) is 9.97 Å². The van der Waals surface area contributed by atoms with Crippen LogP contribution in [-0.4, -0.2) is 53.4 Å². The predicted molar refractivity (Wildman–Crippen MR) is 122 cm³/mol. The van der Waals surface area contributed by atoms with Crippen molar-refractivity contribution in [2.75, 3.05) is 36.5 Å². The van der Waals surface area contributed by atoms with Gasteiger partial charge >= 0.3 is 0 Å². The summed E-state index contributed by atoms with van der Waals surface area (Å²) in [6.07, 6.45) is 11.6. The first kappa shape index (κ1) is 20.0. The van der Waals surface area contributed by atoms with E-state index in [2.05, 4.69) is 44.2 Å². The molecule has 1 aliphatic carbocycles. The van der Waals surface area contributed by atoms with E-state index in [0.717, 1.165) is 80.1 Å². The number of pyridine rings is 1. The van der Waals surface area contributed by atoms with Crippen LogP contribution in [0.1, 0.15) is 31.2 Å². The van der Waals surface area contributed by atoms with Crippen molar-refractivity contribution in [1.82, 2.24) is 15.0 Å². The van der Waals surface area contributed by atoms with E-state index in [1.54, 1.807) is 12.4 Å². The van der Waals surface area contributed by atoms with Gasteiger partial charge in [0.2, 0.25) is 0 Å². The third kappa shape index (κ3) is 4.56. The van der Waals surface area contributed by atoms with Crippen molar-refractivity contribution < 1.29 is 9.47 Å². The van der Waals surface area contributed by atoms with Crippen LogP contribution in [0.15, 0.2) is 43.0 Å². The van der Waals surface area contributed by atoms with E-state index < -0.39 is 0 Å². The Morgan fingerprint density at radius 1 is 1.03 bits per heavy atom. The maximum atomic E-state index is 6.52. The van der Waals surface area contributed by atoms with Crippen LogP contribution in [0.5, 0.6) is 5.75 Å². The average molecular weight is 420 g/mol. The predicted octanol–water partition coefficient (Wildman–Crippen LogP) is 3.97. The van der Waals surface area contributed by atoms with Crippen LogP contribution in [0.2, 0.25) is 0 Å². The zero-order valence-corrected chi connectivity index (χ0v) is 18.0. The number of ether oxygens (including phenoxy) is 2. The fraction of sp³-hybridized carbons (Fsp3) is 0.458. The Bertz CT molecular complexity index is 1030. The highest BCUT2D eigenvalue weighted by atomic mass is 16.5. The number of nitrogens with zero attached hydrogens (tertiary/aromatic N) is 4. The molecule has 0 atom stereocenters. The van der Waals surface area contributed by atoms with Gasteiger partial charge in [-0.2, -0.15) is 0 Å². The number of nitrogens with one attached hydrogen (secondary N) is 1. The molecule has 5 rings (SSSR count). The quantitative estimate of drug-likeness (QED) is 0.671. The first-order valence-corrected chi connectivity index (χ1v) is 11.2. The van der Waals surface area contributed by atoms with Crippen molar-refractivity contribution in [2.45, 2.75) is 44.8 Å². The molecule has 2 aliphatic rings. The summed E-state index contributed by atoms with van der Waals surface area (Å²) < 4.78 is 12.0. The average Bonchev–Trinajstić information content (AvgIpc) is 2.82. The fourth-order valence-corrected chi connectivity index (χ4v) is 4.46. The number of hydrogen-bond donors (Lipinski definition) is 1. The van der Waals surface area contributed by atoms with Gasteiger partial charge in [0.05, 0.1) is 36.7 Å². The second-order valence-corrected chi connectivity index (χ2v) is 8.39. The molecule has 3 heterocycles. The molecule has 2 fully saturated rings. The van der Waals surface area contributed by atoms with Crippen molar-refractivity contribution in [1.29, 1.82) is 0 Å². The lowest BCUT2D eigenvalue weighted by atomic mass is 9.92. The van der Waals surface area contributed by atoms with E-state index in [1.807, 2.05) is 18.5 Å². The summed E-state index contributed by atoms with van der Waals surface area (Å²) >= 11 is 0. The highest BCUT2D eigenvalue weighted by Gasteiger charge is 2.24. The molecule has 0 spiro atoms. The standard InChI is InChI=1S/C24H29N5O2/c1-17-6-7-25-16-22(17)28-18-2-4-20(5-3-18)31-23-15-19(29-10-12-30-13-11-29)14-21-24(23)27-9-8-26-21/h6-9,14-16,18,20,28H,2-5,10-13H2,1H3/t18-,20+. The Hall–Kier alpha value is -2.93. The van der Waals surface area contributed by atoms with E-state index in [1.165, 1.54) is 5.56 Å². The van der Waals surface area contributed by atoms with Crippen molar-refractivity contribution in [3.8, 4) is 5.75 Å². The van der Waals surface area contributed by atoms with E-state index >= 15 is 0 Å². The molecule has 0 unspecified atom stereocenters. The SMILES string of the molecule is Cc1ccncc1N[C@H]1CC[C@@H](Oc2cc(N3CCOCC3)cc3nccnc23)CC1. The van der Waals surface area contributed by atoms with Crippen molar-refractivity contribution in [2.24, 2.45) is 0 Å². The second-order valence-electron chi connectivity index (χ2n) is 8.39. The summed E-state index contributed by atoms with van der Waals surface area (Å²) in [6, 6.07) is 6.74. The molecule has 0 radical (unpaired) electrons. The van der Waals surface area contributed by atoms with Gasteiger partial charge in [0, 0.05) is 49.5 Å². The first-order chi connectivity index (χ1) is 15.3. The van der Waals surface area contributed by atoms with Crippen LogP contribution in [0.4, 0.5) is 11.4 Å². The summed E-state index contributed by atoms with van der Waals surface area (Å²) in [5, 5.41) is 3.66. The molecular weight excluding hydrogens is 390 g/mol. The van der Waals surface area contributed by atoms with E-state index in [-0.39, 0.29) is 6.10 Å². The third-order valence-electron chi connectivity index (χ3n) is 6.27. The molecule has 0 bridgehead atoms. The monoisotopic (exact) mass is 419 g/mol. The lowest BCUT2D eigenvalue weighted by Crippen LogP contribution is -2.36. The Kier molecular flexibility index (Phi) is 5.84. The number of aromatic nitrogens is 3. The lowest BCUT2D eigenvalue weighted by Gasteiger charge is -2.32. The molecule has 1 saturated carbocycles. The second kappa shape index (κ2) is 9.06. The largest absolute Gasteiger partial charge is 0.488 e. The van der Waals surface area contributed by atoms with Crippen LogP contribution in [0.3, 0.4) is 0 Å². The molecule has 0 amide bonds. The Morgan fingerprint density at radius 2 is 1.84 bits per heavy atom. The van der Waals surface area contributed by atoms with Gasteiger partial charge in [-0.05, 0) is 50.3 Å². The number of rotatable bonds is 5. The normalized spacial score (nSPS) is 21.8. The minimum absolute atomic E-state index is 0.193. The first-order valence-electron chi connectivity index (χ1n) is 11.2. The number of hydrogen-bond acceptors (Lipinski definition) is 7. The zero-order chi connectivity index (χ0) is 21.0. The van der Waals surface area contributed by atoms with Gasteiger partial charge < -0.3 is 19.7 Å². The third-order valence-corrected chi connectivity index (χ3v) is 6.27. The Balaban J connectivity index is 1.28. The molecule has 7 nitrogen and oxygen atoms in total. The van der Waals surface area contributed by atoms with E-state index in [4.69, 9.17) is 9.47 Å². The maximum Gasteiger partial charge on any atom is 0.149 e. The lowest BCUT2D eigenvalue weighted by molar-refractivity contribution is 0.122. The van der Waals surface area contributed by atoms with Crippen LogP contribution in [-0.2, 0) is 4.74 Å². The number of fused-ring (bicyclic) bond motifs is 1. The number of aryl methyl sites for hydroxylation is 1. The minimum Gasteiger partial charge on any atom is -0.488 e. The van der Waals surface area contributed by atoms with Crippen molar-refractivity contribution in [3.05, 3.63) is 48.5 Å². The van der Waals surface area contributed by atoms with Crippen LogP contribution in [0, 0.1) is 6.92 Å². The number of morpholine rings is 1. The van der Waals surface area contributed by atoms with Gasteiger partial charge in [-0.25, -0.2) is 4.98 Å². The molecule has 1 saturated heterocycles. The summed E-state index contributed by atoms with van der Waals surface area (Å²) in [4.78, 5) is 15.7. The highest BCUT2D eigenvalue weighted by Crippen LogP contribution is 2.33. The van der Waals surface area contributed by atoms with Gasteiger partial charge in [-0.1, -0.05) is 0 Å². The van der Waals surface area contributed by atoms with Crippen LogP contribution < -0.4 is 15.0 Å². The zero-order valence-electron chi connectivity index (χ0n) is 18.0. The van der Waals surface area contributed by atoms with Gasteiger partial charge in [0.15, 0.2) is 0 Å². The van der Waals surface area contributed by atoms with Crippen LogP contribution >= 0.6 is 0 Å². The topological polar surface area (TPSA) is 72.4 Å². The van der Waals surface area contributed by atoms with Gasteiger partial charge in [0.25, 0.3) is 0 Å². The molecule has 162 valence electrons. The highest BCUT2D eigenvalue weighted by molar-refractivity contribution is 5.85. The number of benzene rings is 1. The summed E-state index contributed by atoms with van der Waals surface area (Å²) in [7, 11) is 0. The van der Waals surface area contributed by atoms with Crippen molar-refractivity contribution >= 4 is 22.4 Å². The molecule has 1 aromatic carbocycles. The summed E-state index contributed by atoms with van der Waals surface area (Å²) in [5.41, 5.74) is 5.22. The smallest absolute Gasteiger partial charge is 0.149 e. The Labute approximate surface area is 182 Å². The summed E-state index contributed by atoms with van der Waals surface area (Å²) in [6.45, 7) is 5.39. The molecule has 2 aromatic heterocycles. The molecule has 3 aromatic rings. The number of anilines is 2. The van der Waals surface area contributed by atoms with Gasteiger partial charge in [0.1, 0.15) is 11.3 Å². The van der Waals surface area contributed by atoms with Gasteiger partial charge in [-0.15, -0.1) is 0 Å². The molecule has 31 heavy (non-hydrogen) atoms. The molecular formula is C24H29N5O2. The molecule has 1 N–H and O–H groups in total.